The zero-order valence-electron chi connectivity index (χ0n) is 19.0. The predicted molar refractivity (Wildman–Crippen MR) is 122 cm³/mol. The molecule has 33 heavy (non-hydrogen) atoms. The zero-order valence-corrected chi connectivity index (χ0v) is 19.0. The van der Waals surface area contributed by atoms with Crippen LogP contribution in [0.4, 0.5) is 0 Å². The number of rotatable bonds is 14. The second-order valence-electron chi connectivity index (χ2n) is 7.94. The maximum Gasteiger partial charge on any atom is 0.326 e. The Kier molecular flexibility index (Phi) is 12.0. The lowest BCUT2D eigenvalue weighted by Crippen LogP contribution is -2.59. The number of hydrogen-bond donors (Lipinski definition) is 7. The third-order valence-corrected chi connectivity index (χ3v) is 5.01. The van der Waals surface area contributed by atoms with Crippen LogP contribution in [0.1, 0.15) is 38.7 Å². The van der Waals surface area contributed by atoms with Crippen molar-refractivity contribution in [2.75, 3.05) is 6.54 Å². The molecule has 0 aliphatic heterocycles. The van der Waals surface area contributed by atoms with Crippen LogP contribution in [0.3, 0.4) is 0 Å². The first-order chi connectivity index (χ1) is 15.6. The van der Waals surface area contributed by atoms with Gasteiger partial charge in [-0.05, 0) is 51.6 Å². The van der Waals surface area contributed by atoms with Gasteiger partial charge in [-0.25, -0.2) is 4.79 Å². The van der Waals surface area contributed by atoms with Crippen molar-refractivity contribution in [3.63, 3.8) is 0 Å². The molecular weight excluding hydrogens is 430 g/mol. The van der Waals surface area contributed by atoms with Crippen molar-refractivity contribution < 1.29 is 29.4 Å². The average molecular weight is 466 g/mol. The first-order valence-electron chi connectivity index (χ1n) is 10.9. The van der Waals surface area contributed by atoms with Crippen molar-refractivity contribution in [3.8, 4) is 0 Å². The number of carbonyl (C=O) groups is 4. The second-order valence-corrected chi connectivity index (χ2v) is 7.94. The van der Waals surface area contributed by atoms with Crippen LogP contribution >= 0.6 is 0 Å². The molecular formula is C22H35N5O6. The minimum atomic E-state index is -1.35. The van der Waals surface area contributed by atoms with E-state index in [0.717, 1.165) is 5.56 Å². The van der Waals surface area contributed by atoms with Crippen molar-refractivity contribution in [2.24, 2.45) is 11.5 Å². The number of benzene rings is 1. The second kappa shape index (κ2) is 14.2. The van der Waals surface area contributed by atoms with E-state index < -0.39 is 54.0 Å². The first kappa shape index (κ1) is 28.0. The zero-order chi connectivity index (χ0) is 25.0. The Bertz CT molecular complexity index is 789. The molecule has 0 heterocycles. The lowest BCUT2D eigenvalue weighted by atomic mass is 10.0. The minimum Gasteiger partial charge on any atom is -0.480 e. The van der Waals surface area contributed by atoms with Gasteiger partial charge in [0.05, 0.1) is 12.1 Å². The largest absolute Gasteiger partial charge is 0.480 e. The standard InChI is InChI=1S/C22H35N5O6/c1-13(19(29)26-17(22(32)33)10-6-7-11-23)25-21(31)18(14(2)28)27-20(30)16(24)12-15-8-4-3-5-9-15/h3-5,8-9,13-14,16-18,28H,6-7,10-12,23-24H2,1-2H3,(H,25,31)(H,26,29)(H,27,30)(H,32,33). The van der Waals surface area contributed by atoms with Crippen molar-refractivity contribution in [1.29, 1.82) is 0 Å². The summed E-state index contributed by atoms with van der Waals surface area (Å²) >= 11 is 0. The van der Waals surface area contributed by atoms with Crippen molar-refractivity contribution in [1.82, 2.24) is 16.0 Å². The van der Waals surface area contributed by atoms with E-state index >= 15 is 0 Å². The van der Waals surface area contributed by atoms with E-state index in [1.165, 1.54) is 13.8 Å². The quantitative estimate of drug-likeness (QED) is 0.163. The fraction of sp³-hybridized carbons (Fsp3) is 0.545. The van der Waals surface area contributed by atoms with Gasteiger partial charge in [0, 0.05) is 0 Å². The molecule has 1 rings (SSSR count). The van der Waals surface area contributed by atoms with Crippen LogP contribution in [-0.2, 0) is 25.6 Å². The Labute approximate surface area is 193 Å². The lowest BCUT2D eigenvalue weighted by molar-refractivity contribution is -0.142. The number of amides is 3. The number of carboxylic acid groups (broad SMARTS) is 1. The summed E-state index contributed by atoms with van der Waals surface area (Å²) in [6.07, 6.45) is 0.309. The van der Waals surface area contributed by atoms with Crippen LogP contribution in [0.15, 0.2) is 30.3 Å². The summed E-state index contributed by atoms with van der Waals surface area (Å²) in [5, 5.41) is 26.4. The van der Waals surface area contributed by atoms with E-state index in [0.29, 0.717) is 19.4 Å². The van der Waals surface area contributed by atoms with Crippen LogP contribution in [0.2, 0.25) is 0 Å². The van der Waals surface area contributed by atoms with Gasteiger partial charge >= 0.3 is 5.97 Å². The Morgan fingerprint density at radius 1 is 0.939 bits per heavy atom. The molecule has 0 saturated heterocycles. The van der Waals surface area contributed by atoms with Crippen LogP contribution in [-0.4, -0.2) is 70.7 Å². The van der Waals surface area contributed by atoms with Crippen LogP contribution < -0.4 is 27.4 Å². The molecule has 0 saturated carbocycles. The lowest BCUT2D eigenvalue weighted by Gasteiger charge is -2.25. The highest BCUT2D eigenvalue weighted by Gasteiger charge is 2.30. The Morgan fingerprint density at radius 2 is 1.58 bits per heavy atom. The molecule has 0 spiro atoms. The number of aliphatic hydroxyl groups is 1. The van der Waals surface area contributed by atoms with Gasteiger partial charge in [-0.2, -0.15) is 0 Å². The summed E-state index contributed by atoms with van der Waals surface area (Å²) in [6.45, 7) is 3.10. The summed E-state index contributed by atoms with van der Waals surface area (Å²) in [5.41, 5.74) is 12.2. The van der Waals surface area contributed by atoms with Crippen molar-refractivity contribution >= 4 is 23.7 Å². The van der Waals surface area contributed by atoms with E-state index in [1.54, 1.807) is 0 Å². The highest BCUT2D eigenvalue weighted by atomic mass is 16.4. The molecule has 0 fully saturated rings. The summed E-state index contributed by atoms with van der Waals surface area (Å²) < 4.78 is 0. The van der Waals surface area contributed by atoms with Gasteiger partial charge in [0.2, 0.25) is 17.7 Å². The molecule has 1 aromatic carbocycles. The fourth-order valence-electron chi connectivity index (χ4n) is 3.04. The number of carbonyl (C=O) groups excluding carboxylic acids is 3. The van der Waals surface area contributed by atoms with Crippen LogP contribution in [0.5, 0.6) is 0 Å². The molecule has 3 amide bonds. The summed E-state index contributed by atoms with van der Waals surface area (Å²) in [5.74, 6) is -3.34. The van der Waals surface area contributed by atoms with E-state index in [4.69, 9.17) is 11.5 Å². The van der Waals surface area contributed by atoms with Gasteiger partial charge in [0.1, 0.15) is 18.1 Å². The van der Waals surface area contributed by atoms with E-state index in [2.05, 4.69) is 16.0 Å². The molecule has 0 radical (unpaired) electrons. The number of unbranched alkanes of at least 4 members (excludes halogenated alkanes) is 1. The maximum atomic E-state index is 12.6. The van der Waals surface area contributed by atoms with Crippen molar-refractivity contribution in [3.05, 3.63) is 35.9 Å². The number of nitrogens with two attached hydrogens (primary N) is 2. The predicted octanol–water partition coefficient (Wildman–Crippen LogP) is -1.37. The molecule has 184 valence electrons. The third kappa shape index (κ3) is 9.98. The molecule has 5 unspecified atom stereocenters. The number of hydrogen-bond acceptors (Lipinski definition) is 7. The topological polar surface area (TPSA) is 197 Å². The van der Waals surface area contributed by atoms with Crippen molar-refractivity contribution in [2.45, 2.75) is 69.8 Å². The Morgan fingerprint density at radius 3 is 2.12 bits per heavy atom. The summed E-state index contributed by atoms with van der Waals surface area (Å²) in [7, 11) is 0. The number of aliphatic carboxylic acids is 1. The van der Waals surface area contributed by atoms with Gasteiger partial charge < -0.3 is 37.6 Å². The minimum absolute atomic E-state index is 0.199. The Balaban J connectivity index is 2.68. The monoisotopic (exact) mass is 465 g/mol. The normalized spacial score (nSPS) is 15.4. The van der Waals surface area contributed by atoms with E-state index in [9.17, 15) is 29.4 Å². The van der Waals surface area contributed by atoms with Crippen LogP contribution in [0, 0.1) is 0 Å². The number of nitrogens with one attached hydrogen (secondary N) is 3. The van der Waals surface area contributed by atoms with Gasteiger partial charge in [-0.3, -0.25) is 14.4 Å². The van der Waals surface area contributed by atoms with Gasteiger partial charge in [-0.1, -0.05) is 30.3 Å². The molecule has 1 aromatic rings. The molecule has 0 aliphatic rings. The fourth-order valence-corrected chi connectivity index (χ4v) is 3.04. The molecule has 0 aliphatic carbocycles. The van der Waals surface area contributed by atoms with Crippen LogP contribution in [0.25, 0.3) is 0 Å². The van der Waals surface area contributed by atoms with Gasteiger partial charge in [0.15, 0.2) is 0 Å². The average Bonchev–Trinajstić information content (AvgIpc) is 2.76. The molecule has 9 N–H and O–H groups in total. The Hall–Kier alpha value is -3.02. The molecule has 11 heteroatoms. The third-order valence-electron chi connectivity index (χ3n) is 5.01. The van der Waals surface area contributed by atoms with E-state index in [1.807, 2.05) is 30.3 Å². The number of carboxylic acids is 1. The summed E-state index contributed by atoms with van der Waals surface area (Å²) in [4.78, 5) is 48.8. The first-order valence-corrected chi connectivity index (χ1v) is 10.9. The van der Waals surface area contributed by atoms with E-state index in [-0.39, 0.29) is 12.8 Å². The summed E-state index contributed by atoms with van der Waals surface area (Å²) in [6, 6.07) is 4.55. The molecule has 0 bridgehead atoms. The molecule has 11 nitrogen and oxygen atoms in total. The maximum absolute atomic E-state index is 12.6. The smallest absolute Gasteiger partial charge is 0.326 e. The molecule has 0 aromatic heterocycles. The van der Waals surface area contributed by atoms with Gasteiger partial charge in [0.25, 0.3) is 0 Å². The highest BCUT2D eigenvalue weighted by molar-refractivity contribution is 5.94. The highest BCUT2D eigenvalue weighted by Crippen LogP contribution is 2.04. The SMILES string of the molecule is CC(NC(=O)C(NC(=O)C(N)Cc1ccccc1)C(C)O)C(=O)NC(CCCCN)C(=O)O. The number of aliphatic hydroxyl groups excluding tert-OH is 1. The molecule has 5 atom stereocenters. The van der Waals surface area contributed by atoms with Gasteiger partial charge in [-0.15, -0.1) is 0 Å².